The highest BCUT2D eigenvalue weighted by Gasteiger charge is 2.22. The molecular weight excluding hydrogens is 428 g/mol. The summed E-state index contributed by atoms with van der Waals surface area (Å²) in [7, 11) is 0. The van der Waals surface area contributed by atoms with Gasteiger partial charge in [-0.3, -0.25) is 4.90 Å². The van der Waals surface area contributed by atoms with Gasteiger partial charge in [0, 0.05) is 19.7 Å². The lowest BCUT2D eigenvalue weighted by atomic mass is 10.2. The number of aryl methyl sites for hydroxylation is 1. The molecule has 0 fully saturated rings. The Morgan fingerprint density at radius 3 is 2.27 bits per heavy atom. The van der Waals surface area contributed by atoms with Gasteiger partial charge in [0.1, 0.15) is 17.4 Å². The Labute approximate surface area is 193 Å². The van der Waals surface area contributed by atoms with Gasteiger partial charge in [0.05, 0.1) is 29.7 Å². The number of nitrogens with zero attached hydrogens (tertiary/aromatic N) is 3. The SMILES string of the molecule is CCCN(Cc1c(C)nn(-c2ccc(F)cc2)c1Oc1ccc(F)cc1)C[C@@H](O)COCC. The van der Waals surface area contributed by atoms with Crippen molar-refractivity contribution in [2.24, 2.45) is 0 Å². The van der Waals surface area contributed by atoms with E-state index in [2.05, 4.69) is 16.9 Å². The first kappa shape index (κ1) is 24.8. The molecule has 0 saturated heterocycles. The lowest BCUT2D eigenvalue weighted by Crippen LogP contribution is -2.35. The second kappa shape index (κ2) is 11.9. The number of hydrogen-bond acceptors (Lipinski definition) is 5. The smallest absolute Gasteiger partial charge is 0.227 e. The zero-order chi connectivity index (χ0) is 23.8. The summed E-state index contributed by atoms with van der Waals surface area (Å²) in [6, 6.07) is 11.7. The monoisotopic (exact) mass is 459 g/mol. The first-order valence-electron chi connectivity index (χ1n) is 11.2. The molecule has 33 heavy (non-hydrogen) atoms. The number of benzene rings is 2. The maximum atomic E-state index is 13.5. The summed E-state index contributed by atoms with van der Waals surface area (Å²) in [5.41, 5.74) is 2.22. The maximum Gasteiger partial charge on any atom is 0.227 e. The molecule has 0 saturated carbocycles. The summed E-state index contributed by atoms with van der Waals surface area (Å²) in [5.74, 6) is 0.218. The van der Waals surface area contributed by atoms with E-state index in [-0.39, 0.29) is 18.2 Å². The van der Waals surface area contributed by atoms with Crippen LogP contribution in [-0.4, -0.2) is 52.2 Å². The van der Waals surface area contributed by atoms with Gasteiger partial charge < -0.3 is 14.6 Å². The zero-order valence-corrected chi connectivity index (χ0v) is 19.3. The quantitative estimate of drug-likeness (QED) is 0.419. The van der Waals surface area contributed by atoms with Gasteiger partial charge in [-0.25, -0.2) is 13.5 Å². The van der Waals surface area contributed by atoms with Crippen LogP contribution in [0, 0.1) is 18.6 Å². The normalized spacial score (nSPS) is 12.3. The maximum absolute atomic E-state index is 13.5. The third-order valence-corrected chi connectivity index (χ3v) is 5.14. The van der Waals surface area contributed by atoms with Gasteiger partial charge in [0.2, 0.25) is 5.88 Å². The first-order chi connectivity index (χ1) is 15.9. The van der Waals surface area contributed by atoms with Crippen LogP contribution in [0.3, 0.4) is 0 Å². The van der Waals surface area contributed by atoms with Crippen LogP contribution < -0.4 is 4.74 Å². The fourth-order valence-electron chi connectivity index (χ4n) is 3.58. The molecule has 1 N–H and O–H groups in total. The highest BCUT2D eigenvalue weighted by molar-refractivity contribution is 5.43. The number of aliphatic hydroxyl groups excluding tert-OH is 1. The topological polar surface area (TPSA) is 59.8 Å². The van der Waals surface area contributed by atoms with Crippen molar-refractivity contribution in [1.29, 1.82) is 0 Å². The van der Waals surface area contributed by atoms with Crippen LogP contribution in [0.15, 0.2) is 48.5 Å². The zero-order valence-electron chi connectivity index (χ0n) is 19.3. The van der Waals surface area contributed by atoms with Crippen LogP contribution in [0.5, 0.6) is 11.6 Å². The molecule has 6 nitrogen and oxygen atoms in total. The first-order valence-corrected chi connectivity index (χ1v) is 11.2. The van der Waals surface area contributed by atoms with E-state index < -0.39 is 6.10 Å². The molecule has 0 aliphatic carbocycles. The van der Waals surface area contributed by atoms with Crippen molar-refractivity contribution in [3.63, 3.8) is 0 Å². The number of ether oxygens (including phenoxy) is 2. The predicted molar refractivity (Wildman–Crippen MR) is 123 cm³/mol. The molecule has 0 aliphatic rings. The molecular formula is C25H31F2N3O3. The summed E-state index contributed by atoms with van der Waals surface area (Å²) in [5, 5.41) is 15.0. The molecule has 0 unspecified atom stereocenters. The van der Waals surface area contributed by atoms with Crippen LogP contribution >= 0.6 is 0 Å². The number of aliphatic hydroxyl groups is 1. The summed E-state index contributed by atoms with van der Waals surface area (Å²) in [4.78, 5) is 2.13. The molecule has 2 aromatic carbocycles. The third kappa shape index (κ3) is 6.83. The van der Waals surface area contributed by atoms with E-state index in [1.165, 1.54) is 24.3 Å². The minimum atomic E-state index is -0.620. The molecule has 1 heterocycles. The van der Waals surface area contributed by atoms with Crippen molar-refractivity contribution in [3.05, 3.63) is 71.4 Å². The Kier molecular flexibility index (Phi) is 8.94. The summed E-state index contributed by atoms with van der Waals surface area (Å²) < 4.78 is 40.1. The average molecular weight is 460 g/mol. The Morgan fingerprint density at radius 1 is 1.03 bits per heavy atom. The minimum Gasteiger partial charge on any atom is -0.439 e. The highest BCUT2D eigenvalue weighted by atomic mass is 19.1. The number of aromatic nitrogens is 2. The summed E-state index contributed by atoms with van der Waals surface area (Å²) in [6.07, 6.45) is 0.283. The molecule has 0 aliphatic heterocycles. The lowest BCUT2D eigenvalue weighted by molar-refractivity contribution is 0.0195. The van der Waals surface area contributed by atoms with E-state index in [4.69, 9.17) is 9.47 Å². The third-order valence-electron chi connectivity index (χ3n) is 5.14. The van der Waals surface area contributed by atoms with Crippen molar-refractivity contribution in [2.45, 2.75) is 39.8 Å². The van der Waals surface area contributed by atoms with Crippen molar-refractivity contribution in [3.8, 4) is 17.3 Å². The van der Waals surface area contributed by atoms with Gasteiger partial charge in [-0.05, 0) is 75.3 Å². The Hall–Kier alpha value is -2.81. The highest BCUT2D eigenvalue weighted by Crippen LogP contribution is 2.32. The second-order valence-corrected chi connectivity index (χ2v) is 7.86. The number of halogens is 2. The molecule has 0 amide bonds. The molecule has 1 atom stereocenters. The van der Waals surface area contributed by atoms with Crippen molar-refractivity contribution in [2.75, 3.05) is 26.3 Å². The fourth-order valence-corrected chi connectivity index (χ4v) is 3.58. The largest absolute Gasteiger partial charge is 0.439 e. The second-order valence-electron chi connectivity index (χ2n) is 7.86. The van der Waals surface area contributed by atoms with Crippen LogP contribution in [0.2, 0.25) is 0 Å². The average Bonchev–Trinajstić information content (AvgIpc) is 3.09. The minimum absolute atomic E-state index is 0.267. The van der Waals surface area contributed by atoms with E-state index >= 15 is 0 Å². The Balaban J connectivity index is 1.96. The van der Waals surface area contributed by atoms with E-state index in [1.807, 2.05) is 13.8 Å². The van der Waals surface area contributed by atoms with Gasteiger partial charge in [-0.15, -0.1) is 0 Å². The van der Waals surface area contributed by atoms with E-state index in [1.54, 1.807) is 28.9 Å². The molecule has 0 radical (unpaired) electrons. The molecule has 3 rings (SSSR count). The van der Waals surface area contributed by atoms with E-state index in [0.717, 1.165) is 24.2 Å². The summed E-state index contributed by atoms with van der Waals surface area (Å²) in [6.45, 7) is 8.35. The van der Waals surface area contributed by atoms with Crippen LogP contribution in [0.1, 0.15) is 31.5 Å². The van der Waals surface area contributed by atoms with Gasteiger partial charge in [0.25, 0.3) is 0 Å². The van der Waals surface area contributed by atoms with Crippen LogP contribution in [0.4, 0.5) is 8.78 Å². The molecule has 1 aromatic heterocycles. The van der Waals surface area contributed by atoms with Crippen LogP contribution in [0.25, 0.3) is 5.69 Å². The molecule has 178 valence electrons. The van der Waals surface area contributed by atoms with Crippen molar-refractivity contribution in [1.82, 2.24) is 14.7 Å². The van der Waals surface area contributed by atoms with Crippen molar-refractivity contribution >= 4 is 0 Å². The lowest BCUT2D eigenvalue weighted by Gasteiger charge is -2.25. The standard InChI is InChI=1S/C25H31F2N3O3/c1-4-14-29(15-22(31)17-32-5-2)16-24-18(3)28-30(21-10-6-19(26)7-11-21)25(24)33-23-12-8-20(27)9-13-23/h6-13,22,31H,4-5,14-17H2,1-3H3/t22-/m1/s1. The van der Waals surface area contributed by atoms with E-state index in [9.17, 15) is 13.9 Å². The van der Waals surface area contributed by atoms with Gasteiger partial charge in [-0.1, -0.05) is 6.92 Å². The fraction of sp³-hybridized carbons (Fsp3) is 0.400. The number of rotatable bonds is 12. The van der Waals surface area contributed by atoms with Crippen LogP contribution in [-0.2, 0) is 11.3 Å². The van der Waals surface area contributed by atoms with Gasteiger partial charge in [-0.2, -0.15) is 5.10 Å². The van der Waals surface area contributed by atoms with Crippen molar-refractivity contribution < 1.29 is 23.4 Å². The van der Waals surface area contributed by atoms with Gasteiger partial charge >= 0.3 is 0 Å². The molecule has 0 bridgehead atoms. The molecule has 3 aromatic rings. The molecule has 0 spiro atoms. The predicted octanol–water partition coefficient (Wildman–Crippen LogP) is 4.86. The Bertz CT molecular complexity index is 1010. The van der Waals surface area contributed by atoms with Gasteiger partial charge in [0.15, 0.2) is 0 Å². The van der Waals surface area contributed by atoms with E-state index in [0.29, 0.717) is 37.0 Å². The Morgan fingerprint density at radius 2 is 1.67 bits per heavy atom. The molecule has 8 heteroatoms. The summed E-state index contributed by atoms with van der Waals surface area (Å²) >= 11 is 0. The number of hydrogen-bond donors (Lipinski definition) is 1.